The number of alkyl halides is 3. The first-order valence-electron chi connectivity index (χ1n) is 11.0. The number of rotatable bonds is 6. The minimum absolute atomic E-state index is 0.00972. The summed E-state index contributed by atoms with van der Waals surface area (Å²) in [4.78, 5) is 31.3. The zero-order chi connectivity index (χ0) is 25.3. The number of carbonyl (C=O) groups is 2. The second kappa shape index (κ2) is 12.4. The van der Waals surface area contributed by atoms with E-state index in [1.165, 1.54) is 43.5 Å². The molecule has 34 heavy (non-hydrogen) atoms. The number of aromatic nitrogens is 1. The lowest BCUT2D eigenvalue weighted by Gasteiger charge is -2.30. The van der Waals surface area contributed by atoms with Gasteiger partial charge in [0.15, 0.2) is 6.61 Å². The Morgan fingerprint density at radius 1 is 1.18 bits per heavy atom. The lowest BCUT2D eigenvalue weighted by Crippen LogP contribution is -2.46. The first-order chi connectivity index (χ1) is 16.1. The van der Waals surface area contributed by atoms with Crippen molar-refractivity contribution in [1.29, 1.82) is 0 Å². The molecular formula is C24H30F3N3O4. The highest BCUT2D eigenvalue weighted by Gasteiger charge is 2.28. The molecule has 1 aromatic heterocycles. The molecule has 10 heteroatoms. The Labute approximate surface area is 197 Å². The number of benzene rings is 1. The van der Waals surface area contributed by atoms with Crippen molar-refractivity contribution in [2.24, 2.45) is 0 Å². The van der Waals surface area contributed by atoms with Crippen LogP contribution in [0.25, 0.3) is 11.3 Å². The van der Waals surface area contributed by atoms with E-state index in [0.717, 1.165) is 25.9 Å². The van der Waals surface area contributed by atoms with E-state index in [0.29, 0.717) is 11.3 Å². The van der Waals surface area contributed by atoms with Gasteiger partial charge in [-0.3, -0.25) is 4.79 Å². The van der Waals surface area contributed by atoms with Crippen LogP contribution in [0.3, 0.4) is 0 Å². The number of likely N-dealkylation sites (tertiary alicyclic amines) is 1. The van der Waals surface area contributed by atoms with Gasteiger partial charge in [0, 0.05) is 23.7 Å². The number of amides is 1. The Morgan fingerprint density at radius 3 is 2.44 bits per heavy atom. The molecule has 1 fully saturated rings. The zero-order valence-corrected chi connectivity index (χ0v) is 19.7. The Bertz CT molecular complexity index is 965. The number of carbonyl (C=O) groups excluding carboxylic acids is 2. The van der Waals surface area contributed by atoms with Gasteiger partial charge < -0.3 is 19.7 Å². The van der Waals surface area contributed by atoms with Crippen molar-refractivity contribution in [1.82, 2.24) is 15.2 Å². The Kier molecular flexibility index (Phi) is 9.85. The predicted octanol–water partition coefficient (Wildman–Crippen LogP) is 4.33. The first-order valence-corrected chi connectivity index (χ1v) is 11.0. The fourth-order valence-electron chi connectivity index (χ4n) is 3.46. The van der Waals surface area contributed by atoms with Gasteiger partial charge in [0.25, 0.3) is 5.91 Å². The predicted molar refractivity (Wildman–Crippen MR) is 122 cm³/mol. The molecule has 0 spiro atoms. The molecule has 0 radical (unpaired) electrons. The third-order valence-electron chi connectivity index (χ3n) is 4.99. The van der Waals surface area contributed by atoms with Gasteiger partial charge in [-0.15, -0.1) is 0 Å². The van der Waals surface area contributed by atoms with Crippen LogP contribution in [0.2, 0.25) is 0 Å². The number of nitrogens with one attached hydrogen (secondary N) is 1. The van der Waals surface area contributed by atoms with Crippen molar-refractivity contribution in [2.45, 2.75) is 38.9 Å². The van der Waals surface area contributed by atoms with Gasteiger partial charge in [-0.2, -0.15) is 13.2 Å². The number of halogens is 3. The van der Waals surface area contributed by atoms with Crippen molar-refractivity contribution >= 4 is 11.9 Å². The fraction of sp³-hybridized carbons (Fsp3) is 0.458. The van der Waals surface area contributed by atoms with Gasteiger partial charge in [-0.05, 0) is 62.8 Å². The molecule has 1 N–H and O–H groups in total. The van der Waals surface area contributed by atoms with E-state index in [1.54, 1.807) is 0 Å². The van der Waals surface area contributed by atoms with E-state index in [4.69, 9.17) is 9.47 Å². The number of esters is 1. The molecule has 2 aromatic rings. The molecule has 0 bridgehead atoms. The average molecular weight is 482 g/mol. The SMILES string of the molecule is CC.COC(=O)c1cc(C(=O)NC2CCCN(C)C2)cc(-c2ccc(OCC(F)(F)F)cc2)n1. The van der Waals surface area contributed by atoms with E-state index >= 15 is 0 Å². The van der Waals surface area contributed by atoms with Gasteiger partial charge in [0.2, 0.25) is 0 Å². The van der Waals surface area contributed by atoms with E-state index < -0.39 is 18.8 Å². The van der Waals surface area contributed by atoms with E-state index in [1.807, 2.05) is 20.9 Å². The molecule has 7 nitrogen and oxygen atoms in total. The van der Waals surface area contributed by atoms with Crippen LogP contribution < -0.4 is 10.1 Å². The fourth-order valence-corrected chi connectivity index (χ4v) is 3.46. The molecule has 1 atom stereocenters. The quantitative estimate of drug-likeness (QED) is 0.619. The molecule has 1 amide bonds. The topological polar surface area (TPSA) is 80.8 Å². The molecule has 0 saturated carbocycles. The van der Waals surface area contributed by atoms with E-state index in [-0.39, 0.29) is 29.0 Å². The third kappa shape index (κ3) is 8.02. The normalized spacial score (nSPS) is 16.1. The maximum Gasteiger partial charge on any atom is 0.422 e. The van der Waals surface area contributed by atoms with Gasteiger partial charge in [-0.25, -0.2) is 9.78 Å². The number of hydrogen-bond acceptors (Lipinski definition) is 6. The molecule has 1 unspecified atom stereocenters. The summed E-state index contributed by atoms with van der Waals surface area (Å²) >= 11 is 0. The molecule has 1 saturated heterocycles. The van der Waals surface area contributed by atoms with Crippen molar-refractivity contribution in [3.05, 3.63) is 47.7 Å². The van der Waals surface area contributed by atoms with Crippen LogP contribution in [-0.2, 0) is 4.74 Å². The molecule has 0 aliphatic carbocycles. The summed E-state index contributed by atoms with van der Waals surface area (Å²) in [5.41, 5.74) is 0.997. The molecule has 1 aromatic carbocycles. The molecular weight excluding hydrogens is 451 g/mol. The zero-order valence-electron chi connectivity index (χ0n) is 19.7. The minimum Gasteiger partial charge on any atom is -0.484 e. The monoisotopic (exact) mass is 481 g/mol. The van der Waals surface area contributed by atoms with Crippen LogP contribution in [0.5, 0.6) is 5.75 Å². The first kappa shape index (κ1) is 27.1. The lowest BCUT2D eigenvalue weighted by atomic mass is 10.0. The summed E-state index contributed by atoms with van der Waals surface area (Å²) < 4.78 is 46.4. The lowest BCUT2D eigenvalue weighted by molar-refractivity contribution is -0.153. The molecule has 3 rings (SSSR count). The Balaban J connectivity index is 0.00000199. The molecule has 1 aliphatic heterocycles. The second-order valence-electron chi connectivity index (χ2n) is 7.62. The van der Waals surface area contributed by atoms with Crippen LogP contribution >= 0.6 is 0 Å². The van der Waals surface area contributed by atoms with Crippen molar-refractivity contribution in [3.63, 3.8) is 0 Å². The van der Waals surface area contributed by atoms with E-state index in [2.05, 4.69) is 15.2 Å². The van der Waals surface area contributed by atoms with Crippen molar-refractivity contribution in [3.8, 4) is 17.0 Å². The summed E-state index contributed by atoms with van der Waals surface area (Å²) in [6.45, 7) is 4.30. The largest absolute Gasteiger partial charge is 0.484 e. The van der Waals surface area contributed by atoms with Crippen LogP contribution in [-0.4, -0.2) is 67.8 Å². The highest BCUT2D eigenvalue weighted by atomic mass is 19.4. The number of likely N-dealkylation sites (N-methyl/N-ethyl adjacent to an activating group) is 1. The molecule has 2 heterocycles. The van der Waals surface area contributed by atoms with Gasteiger partial charge in [0.1, 0.15) is 11.4 Å². The van der Waals surface area contributed by atoms with Gasteiger partial charge >= 0.3 is 12.1 Å². The average Bonchev–Trinajstić information content (AvgIpc) is 2.83. The minimum atomic E-state index is -4.44. The summed E-state index contributed by atoms with van der Waals surface area (Å²) in [5, 5.41) is 2.98. The van der Waals surface area contributed by atoms with Crippen LogP contribution in [0, 0.1) is 0 Å². The van der Waals surface area contributed by atoms with Crippen molar-refractivity contribution in [2.75, 3.05) is 33.9 Å². The van der Waals surface area contributed by atoms with Crippen LogP contribution in [0.4, 0.5) is 13.2 Å². The summed E-state index contributed by atoms with van der Waals surface area (Å²) in [6.07, 6.45) is -2.61. The summed E-state index contributed by atoms with van der Waals surface area (Å²) in [7, 11) is 3.20. The van der Waals surface area contributed by atoms with Gasteiger partial charge in [0.05, 0.1) is 12.8 Å². The van der Waals surface area contributed by atoms with E-state index in [9.17, 15) is 22.8 Å². The number of ether oxygens (including phenoxy) is 2. The standard InChI is InChI=1S/C22H24F3N3O4.C2H6/c1-28-9-3-4-16(12-28)26-20(29)15-10-18(27-19(11-15)21(30)31-2)14-5-7-17(8-6-14)32-13-22(23,24)25;1-2/h5-8,10-11,16H,3-4,9,12-13H2,1-2H3,(H,26,29);1-2H3. The highest BCUT2D eigenvalue weighted by molar-refractivity contribution is 5.98. The summed E-state index contributed by atoms with van der Waals surface area (Å²) in [6, 6.07) is 8.62. The Morgan fingerprint density at radius 2 is 1.85 bits per heavy atom. The number of piperidine rings is 1. The molecule has 1 aliphatic rings. The Hall–Kier alpha value is -3.14. The van der Waals surface area contributed by atoms with Crippen LogP contribution in [0.15, 0.2) is 36.4 Å². The molecule has 186 valence electrons. The van der Waals surface area contributed by atoms with Crippen molar-refractivity contribution < 1.29 is 32.2 Å². The third-order valence-corrected chi connectivity index (χ3v) is 4.99. The summed E-state index contributed by atoms with van der Waals surface area (Å²) in [5.74, 6) is -1.01. The highest BCUT2D eigenvalue weighted by Crippen LogP contribution is 2.24. The number of methoxy groups -OCH3 is 1. The van der Waals surface area contributed by atoms with Gasteiger partial charge in [-0.1, -0.05) is 13.8 Å². The number of hydrogen-bond donors (Lipinski definition) is 1. The van der Waals surface area contributed by atoms with Crippen LogP contribution in [0.1, 0.15) is 47.5 Å². The smallest absolute Gasteiger partial charge is 0.422 e. The second-order valence-corrected chi connectivity index (χ2v) is 7.62. The maximum absolute atomic E-state index is 12.9. The number of pyridine rings is 1. The number of nitrogens with zero attached hydrogens (tertiary/aromatic N) is 2. The maximum atomic E-state index is 12.9.